The number of hydrogen-bond donors (Lipinski definition) is 2. The van der Waals surface area contributed by atoms with Gasteiger partial charge in [-0.2, -0.15) is 0 Å². The Morgan fingerprint density at radius 1 is 1.04 bits per heavy atom. The third kappa shape index (κ3) is 3.47. The highest BCUT2D eigenvalue weighted by Gasteiger charge is 2.30. The highest BCUT2D eigenvalue weighted by atomic mass is 16.4. The molecule has 120 valence electrons. The van der Waals surface area contributed by atoms with Gasteiger partial charge in [0.05, 0.1) is 17.0 Å². The zero-order valence-electron chi connectivity index (χ0n) is 12.7. The second-order valence-corrected chi connectivity index (χ2v) is 5.92. The minimum atomic E-state index is -0.832. The largest absolute Gasteiger partial charge is 0.481 e. The van der Waals surface area contributed by atoms with Gasteiger partial charge in [-0.15, -0.1) is 0 Å². The molecule has 1 aromatic heterocycles. The van der Waals surface area contributed by atoms with Gasteiger partial charge in [0.2, 0.25) is 0 Å². The van der Waals surface area contributed by atoms with Gasteiger partial charge < -0.3 is 10.4 Å². The number of carboxylic acids is 1. The van der Waals surface area contributed by atoms with E-state index < -0.39 is 11.9 Å². The van der Waals surface area contributed by atoms with E-state index in [0.29, 0.717) is 23.9 Å². The molecular weight excluding hydrogens is 294 g/mol. The van der Waals surface area contributed by atoms with E-state index >= 15 is 0 Å². The van der Waals surface area contributed by atoms with Gasteiger partial charge in [-0.1, -0.05) is 19.3 Å². The maximum absolute atomic E-state index is 12.5. The second-order valence-electron chi connectivity index (χ2n) is 5.92. The Bertz CT molecular complexity index is 732. The number of aromatic nitrogens is 2. The van der Waals surface area contributed by atoms with Crippen LogP contribution in [0.2, 0.25) is 0 Å². The van der Waals surface area contributed by atoms with Crippen LogP contribution >= 0.6 is 0 Å². The summed E-state index contributed by atoms with van der Waals surface area (Å²) in [6, 6.07) is 4.81. The molecule has 1 amide bonds. The maximum Gasteiger partial charge on any atom is 0.308 e. The third-order valence-corrected chi connectivity index (χ3v) is 4.38. The molecule has 0 unspecified atom stereocenters. The van der Waals surface area contributed by atoms with E-state index in [1.807, 2.05) is 0 Å². The first-order valence-electron chi connectivity index (χ1n) is 7.89. The van der Waals surface area contributed by atoms with Crippen LogP contribution in [0.15, 0.2) is 30.6 Å². The monoisotopic (exact) mass is 313 g/mol. The number of benzene rings is 1. The normalized spacial score (nSPS) is 21.6. The van der Waals surface area contributed by atoms with Gasteiger partial charge in [-0.25, -0.2) is 0 Å². The van der Waals surface area contributed by atoms with Crippen LogP contribution in [0.1, 0.15) is 42.5 Å². The molecule has 0 aliphatic heterocycles. The van der Waals surface area contributed by atoms with Crippen LogP contribution in [0.3, 0.4) is 0 Å². The number of aliphatic carboxylic acids is 1. The number of nitrogens with one attached hydrogen (secondary N) is 1. The van der Waals surface area contributed by atoms with Gasteiger partial charge in [0, 0.05) is 24.0 Å². The Hall–Kier alpha value is -2.50. The van der Waals surface area contributed by atoms with Gasteiger partial charge in [-0.3, -0.25) is 19.6 Å². The van der Waals surface area contributed by atoms with Crippen LogP contribution in [-0.4, -0.2) is 33.0 Å². The average molecular weight is 313 g/mol. The molecule has 1 heterocycles. The molecular formula is C17H19N3O3. The van der Waals surface area contributed by atoms with E-state index in [2.05, 4.69) is 15.3 Å². The van der Waals surface area contributed by atoms with Gasteiger partial charge in [-0.05, 0) is 31.0 Å². The Balaban J connectivity index is 1.79. The molecule has 23 heavy (non-hydrogen) atoms. The molecule has 6 nitrogen and oxygen atoms in total. The molecule has 1 aromatic carbocycles. The van der Waals surface area contributed by atoms with Gasteiger partial charge in [0.15, 0.2) is 0 Å². The quantitative estimate of drug-likeness (QED) is 0.849. The van der Waals surface area contributed by atoms with Crippen molar-refractivity contribution in [3.05, 3.63) is 36.2 Å². The number of rotatable bonds is 3. The summed E-state index contributed by atoms with van der Waals surface area (Å²) in [6.07, 6.45) is 7.36. The van der Waals surface area contributed by atoms with Crippen LogP contribution < -0.4 is 5.32 Å². The molecule has 1 saturated carbocycles. The fraction of sp³-hybridized carbons (Fsp3) is 0.412. The lowest BCUT2D eigenvalue weighted by molar-refractivity contribution is -0.142. The second kappa shape index (κ2) is 6.73. The molecule has 1 aliphatic carbocycles. The summed E-state index contributed by atoms with van der Waals surface area (Å²) < 4.78 is 0. The summed E-state index contributed by atoms with van der Waals surface area (Å²) >= 11 is 0. The van der Waals surface area contributed by atoms with Crippen LogP contribution in [-0.2, 0) is 4.79 Å². The molecule has 6 heteroatoms. The Morgan fingerprint density at radius 2 is 1.78 bits per heavy atom. The van der Waals surface area contributed by atoms with E-state index in [-0.39, 0.29) is 11.9 Å². The number of nitrogens with zero attached hydrogens (tertiary/aromatic N) is 2. The summed E-state index contributed by atoms with van der Waals surface area (Å²) in [7, 11) is 0. The molecule has 0 bridgehead atoms. The number of fused-ring (bicyclic) bond motifs is 1. The first kappa shape index (κ1) is 15.4. The molecule has 1 aliphatic rings. The van der Waals surface area contributed by atoms with E-state index in [4.69, 9.17) is 0 Å². The molecule has 3 rings (SSSR count). The molecule has 1 fully saturated rings. The average Bonchev–Trinajstić information content (AvgIpc) is 2.80. The van der Waals surface area contributed by atoms with E-state index in [9.17, 15) is 14.7 Å². The summed E-state index contributed by atoms with van der Waals surface area (Å²) in [5.74, 6) is -1.60. The van der Waals surface area contributed by atoms with Crippen LogP contribution in [0.5, 0.6) is 0 Å². The van der Waals surface area contributed by atoms with Crippen LogP contribution in [0.25, 0.3) is 11.0 Å². The molecule has 0 spiro atoms. The fourth-order valence-electron chi connectivity index (χ4n) is 3.13. The van der Waals surface area contributed by atoms with Crippen molar-refractivity contribution in [2.45, 2.75) is 38.1 Å². The summed E-state index contributed by atoms with van der Waals surface area (Å²) in [5, 5.41) is 12.3. The molecule has 0 radical (unpaired) electrons. The first-order valence-corrected chi connectivity index (χ1v) is 7.89. The predicted octanol–water partition coefficient (Wildman–Crippen LogP) is 2.39. The molecule has 0 saturated heterocycles. The highest BCUT2D eigenvalue weighted by molar-refractivity contribution is 5.97. The standard InChI is InChI=1S/C17H19N3O3/c21-16(11-6-7-14-15(10-11)19-9-8-18-14)20-13-5-3-1-2-4-12(13)17(22)23/h6-10,12-13H,1-5H2,(H,20,21)(H,22,23)/t12-,13+/m1/s1. The van der Waals surface area contributed by atoms with Crippen molar-refractivity contribution in [1.29, 1.82) is 0 Å². The SMILES string of the molecule is O=C(N[C@H]1CCCCC[C@H]1C(=O)O)c1ccc2nccnc2c1. The smallest absolute Gasteiger partial charge is 0.308 e. The minimum Gasteiger partial charge on any atom is -0.481 e. The van der Waals surface area contributed by atoms with Crippen molar-refractivity contribution in [2.75, 3.05) is 0 Å². The van der Waals surface area contributed by atoms with Gasteiger partial charge in [0.1, 0.15) is 0 Å². The Kier molecular flexibility index (Phi) is 4.50. The van der Waals surface area contributed by atoms with Crippen molar-refractivity contribution in [3.8, 4) is 0 Å². The zero-order valence-corrected chi connectivity index (χ0v) is 12.7. The lowest BCUT2D eigenvalue weighted by atomic mass is 9.94. The number of carbonyl (C=O) groups excluding carboxylic acids is 1. The van der Waals surface area contributed by atoms with Crippen molar-refractivity contribution < 1.29 is 14.7 Å². The van der Waals surface area contributed by atoms with E-state index in [0.717, 1.165) is 24.8 Å². The molecule has 2 aromatic rings. The summed E-state index contributed by atoms with van der Waals surface area (Å²) in [4.78, 5) is 32.3. The van der Waals surface area contributed by atoms with Crippen LogP contribution in [0.4, 0.5) is 0 Å². The van der Waals surface area contributed by atoms with Crippen molar-refractivity contribution >= 4 is 22.9 Å². The maximum atomic E-state index is 12.5. The van der Waals surface area contributed by atoms with Crippen LogP contribution in [0, 0.1) is 5.92 Å². The lowest BCUT2D eigenvalue weighted by Crippen LogP contribution is -2.42. The number of carboxylic acid groups (broad SMARTS) is 1. The number of carbonyl (C=O) groups is 2. The first-order chi connectivity index (χ1) is 11.1. The van der Waals surface area contributed by atoms with Crippen molar-refractivity contribution in [3.63, 3.8) is 0 Å². The fourth-order valence-corrected chi connectivity index (χ4v) is 3.13. The Labute approximate surface area is 133 Å². The lowest BCUT2D eigenvalue weighted by Gasteiger charge is -2.22. The molecule has 2 N–H and O–H groups in total. The summed E-state index contributed by atoms with van der Waals surface area (Å²) in [6.45, 7) is 0. The molecule has 2 atom stereocenters. The van der Waals surface area contributed by atoms with Gasteiger partial charge in [0.25, 0.3) is 5.91 Å². The van der Waals surface area contributed by atoms with Crippen molar-refractivity contribution in [1.82, 2.24) is 15.3 Å². The number of hydrogen-bond acceptors (Lipinski definition) is 4. The van der Waals surface area contributed by atoms with Crippen molar-refractivity contribution in [2.24, 2.45) is 5.92 Å². The highest BCUT2D eigenvalue weighted by Crippen LogP contribution is 2.24. The Morgan fingerprint density at radius 3 is 2.57 bits per heavy atom. The zero-order chi connectivity index (χ0) is 16.2. The predicted molar refractivity (Wildman–Crippen MR) is 85.0 cm³/mol. The van der Waals surface area contributed by atoms with E-state index in [1.165, 1.54) is 0 Å². The third-order valence-electron chi connectivity index (χ3n) is 4.38. The van der Waals surface area contributed by atoms with E-state index in [1.54, 1.807) is 30.6 Å². The minimum absolute atomic E-state index is 0.254. The number of amides is 1. The topological polar surface area (TPSA) is 92.2 Å². The van der Waals surface area contributed by atoms with Gasteiger partial charge >= 0.3 is 5.97 Å². The summed E-state index contributed by atoms with van der Waals surface area (Å²) in [5.41, 5.74) is 1.85.